The number of amides is 3. The lowest BCUT2D eigenvalue weighted by Crippen LogP contribution is -2.60. The highest BCUT2D eigenvalue weighted by Crippen LogP contribution is 2.60. The van der Waals surface area contributed by atoms with Gasteiger partial charge in [0.15, 0.2) is 0 Å². The van der Waals surface area contributed by atoms with Crippen molar-refractivity contribution >= 4 is 33.7 Å². The highest BCUT2D eigenvalue weighted by atomic mass is 79.9. The maximum atomic E-state index is 14.5. The molecule has 3 saturated heterocycles. The zero-order valence-electron chi connectivity index (χ0n) is 25.2. The van der Waals surface area contributed by atoms with Crippen molar-refractivity contribution in [1.82, 2.24) is 14.7 Å². The number of nitrogens with zero attached hydrogens (tertiary/aromatic N) is 3. The molecule has 230 valence electrons. The van der Waals surface area contributed by atoms with E-state index in [0.29, 0.717) is 45.4 Å². The van der Waals surface area contributed by atoms with Crippen molar-refractivity contribution in [3.63, 3.8) is 0 Å². The number of alkyl halides is 1. The van der Waals surface area contributed by atoms with Gasteiger partial charge in [-0.25, -0.2) is 0 Å². The lowest BCUT2D eigenvalue weighted by Gasteiger charge is -2.42. The zero-order chi connectivity index (χ0) is 30.7. The number of carbonyl (C=O) groups excluding carboxylic acids is 3. The van der Waals surface area contributed by atoms with E-state index in [2.05, 4.69) is 29.1 Å². The van der Waals surface area contributed by atoms with Crippen LogP contribution in [0, 0.1) is 11.8 Å². The van der Waals surface area contributed by atoms with Crippen LogP contribution in [0.25, 0.3) is 0 Å². The first-order valence-electron chi connectivity index (χ1n) is 15.1. The fraction of sp³-hybridized carbons (Fsp3) is 0.606. The van der Waals surface area contributed by atoms with Crippen LogP contribution in [0.2, 0.25) is 0 Å². The van der Waals surface area contributed by atoms with Gasteiger partial charge in [-0.1, -0.05) is 71.3 Å². The van der Waals surface area contributed by atoms with E-state index in [4.69, 9.17) is 4.74 Å². The Kier molecular flexibility index (Phi) is 10.4. The summed E-state index contributed by atoms with van der Waals surface area (Å²) in [5.74, 6) is -1.96. The number of hydrogen-bond acceptors (Lipinski definition) is 5. The van der Waals surface area contributed by atoms with Crippen molar-refractivity contribution in [1.29, 1.82) is 0 Å². The van der Waals surface area contributed by atoms with Crippen molar-refractivity contribution in [2.75, 3.05) is 26.2 Å². The summed E-state index contributed by atoms with van der Waals surface area (Å²) in [5.41, 5.74) is -0.621. The summed E-state index contributed by atoms with van der Waals surface area (Å²) in [7, 11) is 0. The number of likely N-dealkylation sites (tertiary alicyclic amines) is 1. The highest BCUT2D eigenvalue weighted by molar-refractivity contribution is 9.09. The van der Waals surface area contributed by atoms with Gasteiger partial charge in [-0.05, 0) is 45.6 Å². The average molecular weight is 645 g/mol. The van der Waals surface area contributed by atoms with E-state index in [1.54, 1.807) is 26.9 Å². The first-order valence-corrected chi connectivity index (χ1v) is 16.0. The number of rotatable bonds is 14. The summed E-state index contributed by atoms with van der Waals surface area (Å²) >= 11 is 3.78. The molecule has 3 unspecified atom stereocenters. The SMILES string of the molecule is C=CCN(Cc1ccccc1)C(=O)[C@H]1[C@H]2C(=O)N(CCCCCCO)C(C(=O)N(CC=C)C(C)(C)C)C23CC(Br)[C@@H]1O3. The van der Waals surface area contributed by atoms with Crippen LogP contribution in [0.5, 0.6) is 0 Å². The Hall–Kier alpha value is -2.49. The molecule has 42 heavy (non-hydrogen) atoms. The fourth-order valence-electron chi connectivity index (χ4n) is 7.05. The number of aliphatic hydroxyl groups is 1. The Labute approximate surface area is 258 Å². The molecule has 0 aliphatic carbocycles. The molecule has 4 rings (SSSR count). The molecule has 1 spiro atoms. The average Bonchev–Trinajstić information content (AvgIpc) is 3.54. The molecule has 1 N–H and O–H groups in total. The second-order valence-corrected chi connectivity index (χ2v) is 13.9. The molecule has 2 bridgehead atoms. The van der Waals surface area contributed by atoms with Crippen molar-refractivity contribution in [3.8, 4) is 0 Å². The van der Waals surface area contributed by atoms with Gasteiger partial charge in [0.2, 0.25) is 17.7 Å². The predicted octanol–water partition coefficient (Wildman–Crippen LogP) is 4.32. The number of fused-ring (bicyclic) bond motifs is 1. The third-order valence-corrected chi connectivity index (χ3v) is 9.73. The van der Waals surface area contributed by atoms with Crippen LogP contribution in [-0.4, -0.2) is 91.9 Å². The van der Waals surface area contributed by atoms with E-state index in [1.165, 1.54) is 0 Å². The van der Waals surface area contributed by atoms with Gasteiger partial charge in [0.1, 0.15) is 11.6 Å². The number of halogens is 1. The molecule has 1 aromatic rings. The van der Waals surface area contributed by atoms with Gasteiger partial charge in [0, 0.05) is 43.2 Å². The molecular weight excluding hydrogens is 598 g/mol. The molecular formula is C33H46BrN3O5. The minimum Gasteiger partial charge on any atom is -0.396 e. The Morgan fingerprint density at radius 1 is 1.10 bits per heavy atom. The molecule has 3 heterocycles. The van der Waals surface area contributed by atoms with Crippen LogP contribution in [0.3, 0.4) is 0 Å². The summed E-state index contributed by atoms with van der Waals surface area (Å²) in [6.45, 7) is 15.3. The molecule has 0 aromatic heterocycles. The summed E-state index contributed by atoms with van der Waals surface area (Å²) in [6.07, 6.45) is 6.44. The topological polar surface area (TPSA) is 90.4 Å². The van der Waals surface area contributed by atoms with Gasteiger partial charge in [-0.2, -0.15) is 0 Å². The van der Waals surface area contributed by atoms with E-state index in [1.807, 2.05) is 51.1 Å². The molecule has 6 atom stereocenters. The number of aliphatic hydroxyl groups excluding tert-OH is 1. The quantitative estimate of drug-likeness (QED) is 0.185. The molecule has 0 saturated carbocycles. The Balaban J connectivity index is 1.72. The van der Waals surface area contributed by atoms with Gasteiger partial charge >= 0.3 is 0 Å². The van der Waals surface area contributed by atoms with Gasteiger partial charge in [0.25, 0.3) is 0 Å². The Morgan fingerprint density at radius 2 is 1.76 bits per heavy atom. The van der Waals surface area contributed by atoms with Gasteiger partial charge in [-0.15, -0.1) is 13.2 Å². The summed E-state index contributed by atoms with van der Waals surface area (Å²) in [6, 6.07) is 8.93. The summed E-state index contributed by atoms with van der Waals surface area (Å²) in [5, 5.41) is 9.20. The summed E-state index contributed by atoms with van der Waals surface area (Å²) < 4.78 is 6.74. The zero-order valence-corrected chi connectivity index (χ0v) is 26.8. The summed E-state index contributed by atoms with van der Waals surface area (Å²) in [4.78, 5) is 48.3. The molecule has 0 radical (unpaired) electrons. The van der Waals surface area contributed by atoms with Crippen LogP contribution in [0.4, 0.5) is 0 Å². The van der Waals surface area contributed by atoms with Crippen LogP contribution in [0.15, 0.2) is 55.6 Å². The normalized spacial score (nSPS) is 28.1. The third kappa shape index (κ3) is 6.10. The Morgan fingerprint density at radius 3 is 2.38 bits per heavy atom. The minimum atomic E-state index is -1.10. The monoisotopic (exact) mass is 643 g/mol. The van der Waals surface area contributed by atoms with Crippen LogP contribution in [-0.2, 0) is 25.7 Å². The molecule has 3 fully saturated rings. The van der Waals surface area contributed by atoms with Crippen LogP contribution in [0.1, 0.15) is 58.4 Å². The molecule has 3 aliphatic heterocycles. The largest absolute Gasteiger partial charge is 0.396 e. The maximum Gasteiger partial charge on any atom is 0.249 e. The molecule has 1 aromatic carbocycles. The van der Waals surface area contributed by atoms with Crippen molar-refractivity contribution in [2.45, 2.75) is 87.5 Å². The first-order chi connectivity index (χ1) is 20.0. The second-order valence-electron chi connectivity index (χ2n) is 12.7. The highest BCUT2D eigenvalue weighted by Gasteiger charge is 2.77. The number of ether oxygens (including phenoxy) is 1. The lowest BCUT2D eigenvalue weighted by atomic mass is 9.70. The Bertz CT molecular complexity index is 1150. The standard InChI is InChI=1S/C33H46BrN3O5/c1-6-17-35(22-23-15-11-10-12-16-23)29(39)25-26-30(40)36(19-13-8-9-14-20-38)28(33(26)21-24(34)27(25)42-33)31(41)37(18-7-2)32(3,4)5/h6-7,10-12,15-16,24-28,38H,1-2,8-9,13-14,17-22H2,3-5H3/t24?,25-,26-,27-,28?,33?/m0/s1. The first kappa shape index (κ1) is 32.4. The fourth-order valence-corrected chi connectivity index (χ4v) is 8.00. The number of hydrogen-bond donors (Lipinski definition) is 1. The van der Waals surface area contributed by atoms with Crippen molar-refractivity contribution < 1.29 is 24.2 Å². The third-order valence-electron chi connectivity index (χ3n) is 8.88. The van der Waals surface area contributed by atoms with Gasteiger partial charge in [0.05, 0.1) is 17.9 Å². The van der Waals surface area contributed by atoms with Gasteiger partial charge in [-0.3, -0.25) is 14.4 Å². The van der Waals surface area contributed by atoms with Crippen molar-refractivity contribution in [2.24, 2.45) is 11.8 Å². The molecule has 8 nitrogen and oxygen atoms in total. The number of benzene rings is 1. The van der Waals surface area contributed by atoms with E-state index >= 15 is 0 Å². The van der Waals surface area contributed by atoms with E-state index < -0.39 is 35.1 Å². The lowest BCUT2D eigenvalue weighted by molar-refractivity contribution is -0.151. The maximum absolute atomic E-state index is 14.5. The van der Waals surface area contributed by atoms with E-state index in [0.717, 1.165) is 18.4 Å². The minimum absolute atomic E-state index is 0.132. The number of unbranched alkanes of at least 4 members (excludes halogenated alkanes) is 3. The van der Waals surface area contributed by atoms with E-state index in [9.17, 15) is 19.5 Å². The van der Waals surface area contributed by atoms with Gasteiger partial charge < -0.3 is 24.5 Å². The smallest absolute Gasteiger partial charge is 0.249 e. The molecule has 9 heteroatoms. The molecule has 3 amide bonds. The second kappa shape index (κ2) is 13.4. The predicted molar refractivity (Wildman–Crippen MR) is 167 cm³/mol. The number of carbonyl (C=O) groups is 3. The molecule has 3 aliphatic rings. The van der Waals surface area contributed by atoms with Crippen LogP contribution < -0.4 is 0 Å². The van der Waals surface area contributed by atoms with Crippen LogP contribution >= 0.6 is 15.9 Å². The van der Waals surface area contributed by atoms with Crippen molar-refractivity contribution in [3.05, 3.63) is 61.2 Å². The van der Waals surface area contributed by atoms with E-state index in [-0.39, 0.29) is 29.2 Å².